The van der Waals surface area contributed by atoms with Crippen LogP contribution in [0.25, 0.3) is 0 Å². The number of rotatable bonds is 11. The van der Waals surface area contributed by atoms with Gasteiger partial charge in [0, 0.05) is 0 Å². The Hall–Kier alpha value is -0.280. The molecule has 0 aliphatic carbocycles. The van der Waals surface area contributed by atoms with Crippen LogP contribution in [0, 0.1) is 0 Å². The maximum absolute atomic E-state index is 5.55. The summed E-state index contributed by atoms with van der Waals surface area (Å²) >= 11 is 0. The summed E-state index contributed by atoms with van der Waals surface area (Å²) < 4.78 is 26.2. The van der Waals surface area contributed by atoms with E-state index in [9.17, 15) is 0 Å². The molecule has 0 aromatic carbocycles. The first-order valence-electron chi connectivity index (χ1n) is 6.28. The smallest absolute Gasteiger partial charge is 0.125 e. The highest BCUT2D eigenvalue weighted by molar-refractivity contribution is 4.68. The van der Waals surface area contributed by atoms with Crippen molar-refractivity contribution < 1.29 is 28.5 Å². The Morgan fingerprint density at radius 2 is 1.22 bits per heavy atom. The van der Waals surface area contributed by atoms with E-state index in [-0.39, 0.29) is 18.3 Å². The van der Waals surface area contributed by atoms with Crippen molar-refractivity contribution in [2.45, 2.75) is 18.3 Å². The molecule has 0 bridgehead atoms. The minimum absolute atomic E-state index is 0.228. The molecule has 104 valence electrons. The highest BCUT2D eigenvalue weighted by atomic mass is 16.7. The van der Waals surface area contributed by atoms with E-state index in [4.69, 9.17) is 28.5 Å². The Labute approximate surface area is 106 Å². The van der Waals surface area contributed by atoms with Crippen LogP contribution in [0.3, 0.4) is 0 Å². The Morgan fingerprint density at radius 3 is 1.67 bits per heavy atom. The van der Waals surface area contributed by atoms with Crippen LogP contribution >= 0.6 is 0 Å². The highest BCUT2D eigenvalue weighted by Gasteiger charge is 2.26. The fraction of sp³-hybridized carbons (Fsp3) is 1.00. The lowest BCUT2D eigenvalue weighted by Gasteiger charge is -2.20. The summed E-state index contributed by atoms with van der Waals surface area (Å²) in [6.45, 7) is 4.87. The molecule has 0 saturated carbocycles. The largest absolute Gasteiger partial charge is 0.371 e. The molecular formula is C11H19NO6. The van der Waals surface area contributed by atoms with Crippen molar-refractivity contribution in [3.05, 3.63) is 0 Å². The van der Waals surface area contributed by atoms with Gasteiger partial charge in [-0.2, -0.15) is 0 Å². The maximum atomic E-state index is 5.55. The van der Waals surface area contributed by atoms with E-state index >= 15 is 0 Å². The third kappa shape index (κ3) is 5.15. The SMILES string of the molecule is C(OCN(COCC1CO1)OCC1CO1)C1CO1. The predicted octanol–water partition coefficient (Wildman–Crippen LogP) is -0.635. The lowest BCUT2D eigenvalue weighted by atomic mass is 10.5. The third-order valence-electron chi connectivity index (χ3n) is 2.73. The van der Waals surface area contributed by atoms with Crippen molar-refractivity contribution in [2.75, 3.05) is 53.1 Å². The average molecular weight is 261 g/mol. The summed E-state index contributed by atoms with van der Waals surface area (Å²) in [5.41, 5.74) is 0. The van der Waals surface area contributed by atoms with Gasteiger partial charge in [-0.25, -0.2) is 0 Å². The van der Waals surface area contributed by atoms with E-state index in [1.54, 1.807) is 5.06 Å². The molecule has 3 rings (SSSR count). The van der Waals surface area contributed by atoms with E-state index in [1.807, 2.05) is 0 Å². The van der Waals surface area contributed by atoms with Gasteiger partial charge in [0.25, 0.3) is 0 Å². The number of hydroxylamine groups is 2. The van der Waals surface area contributed by atoms with Gasteiger partial charge in [-0.05, 0) is 0 Å². The Bertz CT molecular complexity index is 236. The third-order valence-corrected chi connectivity index (χ3v) is 2.73. The fourth-order valence-electron chi connectivity index (χ4n) is 1.37. The van der Waals surface area contributed by atoms with E-state index in [0.29, 0.717) is 33.3 Å². The topological polar surface area (TPSA) is 68.5 Å². The van der Waals surface area contributed by atoms with Crippen LogP contribution in [-0.4, -0.2) is 76.5 Å². The second-order valence-electron chi connectivity index (χ2n) is 4.64. The van der Waals surface area contributed by atoms with Crippen molar-refractivity contribution in [1.82, 2.24) is 5.06 Å². The maximum Gasteiger partial charge on any atom is 0.125 e. The number of ether oxygens (including phenoxy) is 5. The van der Waals surface area contributed by atoms with Gasteiger partial charge in [-0.3, -0.25) is 4.84 Å². The van der Waals surface area contributed by atoms with Crippen LogP contribution < -0.4 is 0 Å². The molecular weight excluding hydrogens is 242 g/mol. The molecule has 0 radical (unpaired) electrons. The Balaban J connectivity index is 1.28. The molecule has 7 nitrogen and oxygen atoms in total. The number of hydrogen-bond donors (Lipinski definition) is 0. The summed E-state index contributed by atoms with van der Waals surface area (Å²) in [5.74, 6) is 0. The zero-order valence-electron chi connectivity index (χ0n) is 10.3. The molecule has 0 aromatic rings. The van der Waals surface area contributed by atoms with Crippen LogP contribution in [0.2, 0.25) is 0 Å². The molecule has 3 saturated heterocycles. The van der Waals surface area contributed by atoms with E-state index in [2.05, 4.69) is 0 Å². The van der Waals surface area contributed by atoms with Gasteiger partial charge in [0.2, 0.25) is 0 Å². The molecule has 3 unspecified atom stereocenters. The van der Waals surface area contributed by atoms with E-state index < -0.39 is 0 Å². The molecule has 18 heavy (non-hydrogen) atoms. The van der Waals surface area contributed by atoms with Gasteiger partial charge < -0.3 is 23.7 Å². The normalized spacial score (nSPS) is 32.8. The van der Waals surface area contributed by atoms with Gasteiger partial charge in [-0.15, -0.1) is 5.06 Å². The van der Waals surface area contributed by atoms with Crippen LogP contribution in [0.1, 0.15) is 0 Å². The van der Waals surface area contributed by atoms with Crippen LogP contribution in [-0.2, 0) is 28.5 Å². The molecule has 3 aliphatic heterocycles. The van der Waals surface area contributed by atoms with Gasteiger partial charge in [0.05, 0.1) is 39.6 Å². The Morgan fingerprint density at radius 1 is 0.778 bits per heavy atom. The van der Waals surface area contributed by atoms with Crippen molar-refractivity contribution >= 4 is 0 Å². The molecule has 0 amide bonds. The first kappa shape index (κ1) is 12.7. The minimum atomic E-state index is 0.228. The zero-order chi connectivity index (χ0) is 12.2. The van der Waals surface area contributed by atoms with Gasteiger partial charge >= 0.3 is 0 Å². The van der Waals surface area contributed by atoms with Crippen LogP contribution in [0.5, 0.6) is 0 Å². The first-order valence-corrected chi connectivity index (χ1v) is 6.28. The predicted molar refractivity (Wildman–Crippen MR) is 58.6 cm³/mol. The highest BCUT2D eigenvalue weighted by Crippen LogP contribution is 2.12. The lowest BCUT2D eigenvalue weighted by molar-refractivity contribution is -0.249. The lowest BCUT2D eigenvalue weighted by Crippen LogP contribution is -2.32. The molecule has 3 heterocycles. The number of epoxide rings is 3. The summed E-state index contributed by atoms with van der Waals surface area (Å²) in [7, 11) is 0. The summed E-state index contributed by atoms with van der Waals surface area (Å²) in [6.07, 6.45) is 0.754. The summed E-state index contributed by atoms with van der Waals surface area (Å²) in [5, 5.41) is 1.66. The Kier molecular flexibility index (Phi) is 4.42. The zero-order valence-corrected chi connectivity index (χ0v) is 10.3. The van der Waals surface area contributed by atoms with E-state index in [1.165, 1.54) is 0 Å². The standard InChI is InChI=1S/C11H19NO6/c1(9-3-15-9)13-7-12(18-6-11-5-17-11)8-14-2-10-4-16-10/h9-11H,1-8H2. The van der Waals surface area contributed by atoms with Gasteiger partial charge in [-0.1, -0.05) is 0 Å². The van der Waals surface area contributed by atoms with Crippen LogP contribution in [0.15, 0.2) is 0 Å². The monoisotopic (exact) mass is 261 g/mol. The van der Waals surface area contributed by atoms with Gasteiger partial charge in [0.15, 0.2) is 0 Å². The fourth-order valence-corrected chi connectivity index (χ4v) is 1.37. The van der Waals surface area contributed by atoms with Crippen molar-refractivity contribution in [3.63, 3.8) is 0 Å². The summed E-state index contributed by atoms with van der Waals surface area (Å²) in [6, 6.07) is 0. The van der Waals surface area contributed by atoms with E-state index in [0.717, 1.165) is 19.8 Å². The summed E-state index contributed by atoms with van der Waals surface area (Å²) in [4.78, 5) is 5.55. The molecule has 3 aliphatic rings. The van der Waals surface area contributed by atoms with Crippen molar-refractivity contribution in [1.29, 1.82) is 0 Å². The van der Waals surface area contributed by atoms with Crippen molar-refractivity contribution in [2.24, 2.45) is 0 Å². The molecule has 0 spiro atoms. The molecule has 3 fully saturated rings. The number of nitrogens with zero attached hydrogens (tertiary/aromatic N) is 1. The van der Waals surface area contributed by atoms with Crippen molar-refractivity contribution in [3.8, 4) is 0 Å². The second kappa shape index (κ2) is 6.25. The molecule has 0 N–H and O–H groups in total. The molecule has 3 atom stereocenters. The molecule has 7 heteroatoms. The first-order chi connectivity index (χ1) is 8.90. The van der Waals surface area contributed by atoms with Gasteiger partial charge in [0.1, 0.15) is 31.8 Å². The average Bonchev–Trinajstić information content (AvgIpc) is 3.23. The van der Waals surface area contributed by atoms with Crippen LogP contribution in [0.4, 0.5) is 0 Å². The molecule has 0 aromatic heterocycles. The number of hydrogen-bond acceptors (Lipinski definition) is 7. The quantitative estimate of drug-likeness (QED) is 0.278. The minimum Gasteiger partial charge on any atom is -0.371 e. The second-order valence-corrected chi connectivity index (χ2v) is 4.64.